The summed E-state index contributed by atoms with van der Waals surface area (Å²) in [7, 11) is 2.18. The van der Waals surface area contributed by atoms with Crippen molar-refractivity contribution in [1.82, 2.24) is 25.8 Å². The Morgan fingerprint density at radius 3 is 2.28 bits per heavy atom. The molecule has 1 saturated heterocycles. The van der Waals surface area contributed by atoms with Crippen LogP contribution in [0.25, 0.3) is 0 Å². The fraction of sp³-hybridized carbons (Fsp3) is 0.905. The normalized spacial score (nSPS) is 18.3. The first-order valence-corrected chi connectivity index (χ1v) is 10.8. The van der Waals surface area contributed by atoms with Crippen molar-refractivity contribution in [2.24, 2.45) is 10.9 Å². The predicted octanol–water partition coefficient (Wildman–Crippen LogP) is 1.73. The standard InChI is InChI=1S/C21H44N6O2/c1-9-22-18(23-14-17(2)15-27-12-10-26(8)11-13-27)24-16-21(6,7)25-19(28)29-20(3,4)5/h17H,9-16H2,1-8H3,(H,25,28)(H2,22,23,24). The first-order valence-electron chi connectivity index (χ1n) is 10.8. The highest BCUT2D eigenvalue weighted by Crippen LogP contribution is 2.10. The fourth-order valence-electron chi connectivity index (χ4n) is 3.04. The predicted molar refractivity (Wildman–Crippen MR) is 121 cm³/mol. The molecule has 8 heteroatoms. The number of piperazine rings is 1. The number of rotatable bonds is 8. The van der Waals surface area contributed by atoms with E-state index in [4.69, 9.17) is 4.74 Å². The minimum absolute atomic E-state index is 0.420. The summed E-state index contributed by atoms with van der Waals surface area (Å²) in [6, 6.07) is 0. The maximum absolute atomic E-state index is 12.0. The number of alkyl carbamates (subject to hydrolysis) is 1. The van der Waals surface area contributed by atoms with Gasteiger partial charge < -0.3 is 30.5 Å². The third-order valence-electron chi connectivity index (χ3n) is 4.60. The van der Waals surface area contributed by atoms with Gasteiger partial charge in [-0.25, -0.2) is 4.79 Å². The van der Waals surface area contributed by atoms with Gasteiger partial charge in [0.05, 0.1) is 12.1 Å². The molecule has 0 aliphatic carbocycles. The van der Waals surface area contributed by atoms with E-state index in [-0.39, 0.29) is 0 Å². The van der Waals surface area contributed by atoms with Gasteiger partial charge in [-0.2, -0.15) is 0 Å². The van der Waals surface area contributed by atoms with Crippen LogP contribution in [0, 0.1) is 5.92 Å². The number of nitrogens with zero attached hydrogens (tertiary/aromatic N) is 3. The highest BCUT2D eigenvalue weighted by atomic mass is 16.6. The zero-order valence-corrected chi connectivity index (χ0v) is 19.9. The second kappa shape index (κ2) is 11.6. The second-order valence-electron chi connectivity index (χ2n) is 9.80. The van der Waals surface area contributed by atoms with E-state index >= 15 is 0 Å². The number of hydrogen-bond acceptors (Lipinski definition) is 5. The second-order valence-corrected chi connectivity index (χ2v) is 9.80. The summed E-state index contributed by atoms with van der Waals surface area (Å²) in [4.78, 5) is 21.6. The zero-order chi connectivity index (χ0) is 22.1. The van der Waals surface area contributed by atoms with Crippen LogP contribution in [0.15, 0.2) is 4.99 Å². The minimum Gasteiger partial charge on any atom is -0.444 e. The van der Waals surface area contributed by atoms with E-state index in [1.54, 1.807) is 0 Å². The number of carbonyl (C=O) groups is 1. The van der Waals surface area contributed by atoms with Crippen LogP contribution in [0.2, 0.25) is 0 Å². The number of amides is 1. The Labute approximate surface area is 177 Å². The molecule has 8 nitrogen and oxygen atoms in total. The van der Waals surface area contributed by atoms with E-state index in [0.29, 0.717) is 12.5 Å². The van der Waals surface area contributed by atoms with Crippen LogP contribution in [0.4, 0.5) is 4.79 Å². The molecule has 0 aromatic heterocycles. The molecular formula is C21H44N6O2. The lowest BCUT2D eigenvalue weighted by molar-refractivity contribution is 0.0476. The number of nitrogens with one attached hydrogen (secondary N) is 3. The lowest BCUT2D eigenvalue weighted by atomic mass is 10.1. The number of aliphatic imine (C=N–C) groups is 1. The Balaban J connectivity index is 2.48. The van der Waals surface area contributed by atoms with Gasteiger partial charge in [0.2, 0.25) is 0 Å². The highest BCUT2D eigenvalue weighted by Gasteiger charge is 2.24. The molecule has 0 aromatic rings. The molecular weight excluding hydrogens is 368 g/mol. The Morgan fingerprint density at radius 2 is 1.72 bits per heavy atom. The molecule has 1 rings (SSSR count). The highest BCUT2D eigenvalue weighted by molar-refractivity contribution is 5.79. The number of likely N-dealkylation sites (N-methyl/N-ethyl adjacent to an activating group) is 1. The molecule has 170 valence electrons. The van der Waals surface area contributed by atoms with Gasteiger partial charge in [0.1, 0.15) is 5.60 Å². The lowest BCUT2D eigenvalue weighted by Crippen LogP contribution is -2.49. The largest absolute Gasteiger partial charge is 0.444 e. The Kier molecular flexibility index (Phi) is 10.2. The van der Waals surface area contributed by atoms with Crippen LogP contribution in [0.1, 0.15) is 48.5 Å². The van der Waals surface area contributed by atoms with Gasteiger partial charge >= 0.3 is 6.09 Å². The molecule has 1 aliphatic heterocycles. The summed E-state index contributed by atoms with van der Waals surface area (Å²) in [6.07, 6.45) is -0.420. The van der Waals surface area contributed by atoms with E-state index in [9.17, 15) is 4.79 Å². The Bertz CT molecular complexity index is 522. The van der Waals surface area contributed by atoms with Crippen molar-refractivity contribution in [3.63, 3.8) is 0 Å². The molecule has 29 heavy (non-hydrogen) atoms. The molecule has 0 bridgehead atoms. The molecule has 1 aliphatic rings. The van der Waals surface area contributed by atoms with Gasteiger partial charge in [0, 0.05) is 45.8 Å². The van der Waals surface area contributed by atoms with Crippen molar-refractivity contribution < 1.29 is 9.53 Å². The first kappa shape index (κ1) is 25.5. The van der Waals surface area contributed by atoms with Crippen LogP contribution in [0.5, 0.6) is 0 Å². The van der Waals surface area contributed by atoms with Crippen molar-refractivity contribution in [3.8, 4) is 0 Å². The summed E-state index contributed by atoms with van der Waals surface area (Å²) in [5.41, 5.74) is -1.02. The Hall–Kier alpha value is -1.54. The van der Waals surface area contributed by atoms with Crippen molar-refractivity contribution in [3.05, 3.63) is 0 Å². The van der Waals surface area contributed by atoms with Gasteiger partial charge in [0.15, 0.2) is 5.96 Å². The quantitative estimate of drug-likeness (QED) is 0.416. The van der Waals surface area contributed by atoms with Crippen molar-refractivity contribution >= 4 is 12.1 Å². The van der Waals surface area contributed by atoms with Crippen LogP contribution in [0.3, 0.4) is 0 Å². The number of ether oxygens (including phenoxy) is 1. The van der Waals surface area contributed by atoms with Gasteiger partial charge in [0.25, 0.3) is 0 Å². The number of hydrogen-bond donors (Lipinski definition) is 3. The molecule has 1 unspecified atom stereocenters. The van der Waals surface area contributed by atoms with Gasteiger partial charge in [-0.15, -0.1) is 0 Å². The van der Waals surface area contributed by atoms with Gasteiger partial charge in [-0.05, 0) is 54.5 Å². The van der Waals surface area contributed by atoms with E-state index < -0.39 is 17.2 Å². The molecule has 1 fully saturated rings. The molecule has 0 aromatic carbocycles. The first-order chi connectivity index (χ1) is 13.4. The molecule has 1 amide bonds. The Morgan fingerprint density at radius 1 is 1.10 bits per heavy atom. The van der Waals surface area contributed by atoms with E-state index in [1.165, 1.54) is 0 Å². The van der Waals surface area contributed by atoms with E-state index in [1.807, 2.05) is 34.6 Å². The summed E-state index contributed by atoms with van der Waals surface area (Å²) in [5, 5.41) is 9.63. The summed E-state index contributed by atoms with van der Waals surface area (Å²) < 4.78 is 5.35. The monoisotopic (exact) mass is 412 g/mol. The van der Waals surface area contributed by atoms with Crippen molar-refractivity contribution in [1.29, 1.82) is 0 Å². The SMILES string of the molecule is CCNC(=NCC(C)(C)NC(=O)OC(C)(C)C)NCC(C)CN1CCN(C)CC1. The molecule has 3 N–H and O–H groups in total. The molecule has 0 saturated carbocycles. The van der Waals surface area contributed by atoms with Crippen LogP contribution in [-0.4, -0.2) is 92.4 Å². The van der Waals surface area contributed by atoms with Gasteiger partial charge in [-0.1, -0.05) is 6.92 Å². The average Bonchev–Trinajstić information content (AvgIpc) is 2.57. The van der Waals surface area contributed by atoms with E-state index in [2.05, 4.69) is 51.6 Å². The minimum atomic E-state index is -0.514. The smallest absolute Gasteiger partial charge is 0.408 e. The zero-order valence-electron chi connectivity index (χ0n) is 19.9. The molecule has 1 atom stereocenters. The molecule has 0 spiro atoms. The maximum Gasteiger partial charge on any atom is 0.408 e. The lowest BCUT2D eigenvalue weighted by Gasteiger charge is -2.34. The summed E-state index contributed by atoms with van der Waals surface area (Å²) in [6.45, 7) is 21.5. The third kappa shape index (κ3) is 11.9. The average molecular weight is 413 g/mol. The van der Waals surface area contributed by atoms with Crippen molar-refractivity contribution in [2.45, 2.75) is 59.6 Å². The maximum atomic E-state index is 12.0. The van der Waals surface area contributed by atoms with Crippen LogP contribution >= 0.6 is 0 Å². The van der Waals surface area contributed by atoms with Gasteiger partial charge in [-0.3, -0.25) is 4.99 Å². The van der Waals surface area contributed by atoms with E-state index in [0.717, 1.165) is 51.8 Å². The summed E-state index contributed by atoms with van der Waals surface area (Å²) >= 11 is 0. The molecule has 0 radical (unpaired) electrons. The van der Waals surface area contributed by atoms with Crippen LogP contribution < -0.4 is 16.0 Å². The van der Waals surface area contributed by atoms with Crippen molar-refractivity contribution in [2.75, 3.05) is 59.4 Å². The number of guanidine groups is 1. The van der Waals surface area contributed by atoms with Crippen LogP contribution in [-0.2, 0) is 4.74 Å². The third-order valence-corrected chi connectivity index (χ3v) is 4.60. The topological polar surface area (TPSA) is 81.2 Å². The fourth-order valence-corrected chi connectivity index (χ4v) is 3.04. The summed E-state index contributed by atoms with van der Waals surface area (Å²) in [5.74, 6) is 1.30. The molecule has 1 heterocycles. The number of carbonyl (C=O) groups excluding carboxylic acids is 1.